The van der Waals surface area contributed by atoms with Crippen molar-refractivity contribution in [3.05, 3.63) is 36.4 Å². The van der Waals surface area contributed by atoms with Crippen molar-refractivity contribution in [1.29, 1.82) is 0 Å². The van der Waals surface area contributed by atoms with E-state index in [1.54, 1.807) is 18.0 Å². The molecule has 0 aliphatic heterocycles. The molecule has 98 valence electrons. The molecule has 3 aromatic rings. The molecule has 19 heavy (non-hydrogen) atoms. The molecule has 0 saturated heterocycles. The van der Waals surface area contributed by atoms with Crippen molar-refractivity contribution in [2.45, 2.75) is 24.4 Å². The maximum Gasteiger partial charge on any atom is 0.200 e. The van der Waals surface area contributed by atoms with E-state index in [0.29, 0.717) is 0 Å². The zero-order valence-corrected chi connectivity index (χ0v) is 11.2. The van der Waals surface area contributed by atoms with Crippen LogP contribution < -0.4 is 0 Å². The van der Waals surface area contributed by atoms with E-state index in [9.17, 15) is 0 Å². The zero-order valence-electron chi connectivity index (χ0n) is 10.4. The number of nitrogens with one attached hydrogen (secondary N) is 1. The van der Waals surface area contributed by atoms with Gasteiger partial charge < -0.3 is 4.42 Å². The van der Waals surface area contributed by atoms with Crippen LogP contribution in [-0.4, -0.2) is 25.0 Å². The molecular formula is C12H13N5OS. The second-order valence-electron chi connectivity index (χ2n) is 3.92. The quantitative estimate of drug-likeness (QED) is 0.724. The Labute approximate surface area is 114 Å². The van der Waals surface area contributed by atoms with Gasteiger partial charge in [0.25, 0.3) is 0 Å². The molecule has 7 heteroatoms. The average Bonchev–Trinajstić information content (AvgIpc) is 3.16. The van der Waals surface area contributed by atoms with Crippen molar-refractivity contribution >= 4 is 11.8 Å². The van der Waals surface area contributed by atoms with Crippen LogP contribution in [0.4, 0.5) is 0 Å². The van der Waals surface area contributed by atoms with Gasteiger partial charge in [-0.2, -0.15) is 5.10 Å². The van der Waals surface area contributed by atoms with Crippen molar-refractivity contribution < 1.29 is 4.42 Å². The van der Waals surface area contributed by atoms with E-state index in [1.807, 2.05) is 29.1 Å². The fraction of sp³-hybridized carbons (Fsp3) is 0.250. The summed E-state index contributed by atoms with van der Waals surface area (Å²) in [4.78, 5) is 0. The highest BCUT2D eigenvalue weighted by Gasteiger charge is 2.15. The molecule has 0 bridgehead atoms. The molecule has 0 aliphatic rings. The molecule has 0 amide bonds. The Morgan fingerprint density at radius 3 is 3.05 bits per heavy atom. The Bertz CT molecular complexity index is 629. The van der Waals surface area contributed by atoms with Gasteiger partial charge in [0.2, 0.25) is 0 Å². The summed E-state index contributed by atoms with van der Waals surface area (Å²) in [6.45, 7) is 2.87. The third-order valence-corrected chi connectivity index (χ3v) is 3.74. The Morgan fingerprint density at radius 1 is 1.42 bits per heavy atom. The molecule has 0 radical (unpaired) electrons. The first kappa shape index (κ1) is 12.0. The molecule has 0 atom stereocenters. The first-order chi connectivity index (χ1) is 9.38. The van der Waals surface area contributed by atoms with Crippen molar-refractivity contribution in [2.75, 3.05) is 0 Å². The highest BCUT2D eigenvalue weighted by Crippen LogP contribution is 2.26. The predicted octanol–water partition coefficient (Wildman–Crippen LogP) is 2.57. The largest absolute Gasteiger partial charge is 0.461 e. The smallest absolute Gasteiger partial charge is 0.200 e. The van der Waals surface area contributed by atoms with Gasteiger partial charge >= 0.3 is 0 Å². The second kappa shape index (κ2) is 5.31. The van der Waals surface area contributed by atoms with Crippen molar-refractivity contribution in [3.63, 3.8) is 0 Å². The Kier molecular flexibility index (Phi) is 3.37. The van der Waals surface area contributed by atoms with Crippen LogP contribution in [0.3, 0.4) is 0 Å². The molecule has 0 aliphatic carbocycles. The number of nitrogens with zero attached hydrogens (tertiary/aromatic N) is 4. The lowest BCUT2D eigenvalue weighted by molar-refractivity contribution is 0.567. The average molecular weight is 275 g/mol. The minimum Gasteiger partial charge on any atom is -0.461 e. The van der Waals surface area contributed by atoms with Crippen LogP contribution in [0.5, 0.6) is 0 Å². The highest BCUT2D eigenvalue weighted by atomic mass is 32.2. The fourth-order valence-electron chi connectivity index (χ4n) is 1.77. The monoisotopic (exact) mass is 275 g/mol. The summed E-state index contributed by atoms with van der Waals surface area (Å²) in [5.74, 6) is 2.32. The van der Waals surface area contributed by atoms with Crippen LogP contribution in [-0.2, 0) is 12.3 Å². The minimum absolute atomic E-state index is 0.740. The van der Waals surface area contributed by atoms with Crippen LogP contribution >= 0.6 is 11.8 Å². The summed E-state index contributed by atoms with van der Waals surface area (Å²) in [6.07, 6.45) is 5.34. The number of aromatic nitrogens is 5. The van der Waals surface area contributed by atoms with Crippen molar-refractivity contribution in [1.82, 2.24) is 25.0 Å². The topological polar surface area (TPSA) is 72.5 Å². The highest BCUT2D eigenvalue weighted by molar-refractivity contribution is 7.98. The number of H-pyrrole nitrogens is 1. The number of aromatic amines is 1. The lowest BCUT2D eigenvalue weighted by Crippen LogP contribution is -1.99. The van der Waals surface area contributed by atoms with Gasteiger partial charge in [-0.3, -0.25) is 9.67 Å². The molecule has 1 N–H and O–H groups in total. The maximum atomic E-state index is 5.38. The number of hydrogen-bond donors (Lipinski definition) is 1. The van der Waals surface area contributed by atoms with Gasteiger partial charge in [0.15, 0.2) is 16.7 Å². The molecule has 3 heterocycles. The van der Waals surface area contributed by atoms with Gasteiger partial charge in [-0.25, -0.2) is 0 Å². The Morgan fingerprint density at radius 2 is 2.37 bits per heavy atom. The lowest BCUT2D eigenvalue weighted by atomic mass is 10.4. The van der Waals surface area contributed by atoms with Crippen LogP contribution in [0.25, 0.3) is 11.6 Å². The summed E-state index contributed by atoms with van der Waals surface area (Å²) in [5, 5.41) is 16.0. The first-order valence-electron chi connectivity index (χ1n) is 5.96. The van der Waals surface area contributed by atoms with Gasteiger partial charge in [0.1, 0.15) is 0 Å². The number of hydrogen-bond acceptors (Lipinski definition) is 5. The van der Waals surface area contributed by atoms with E-state index in [2.05, 4.69) is 27.3 Å². The van der Waals surface area contributed by atoms with Crippen molar-refractivity contribution in [3.8, 4) is 11.6 Å². The first-order valence-corrected chi connectivity index (χ1v) is 6.94. The molecule has 6 nitrogen and oxygen atoms in total. The van der Waals surface area contributed by atoms with E-state index in [1.165, 1.54) is 0 Å². The van der Waals surface area contributed by atoms with E-state index in [4.69, 9.17) is 4.42 Å². The van der Waals surface area contributed by atoms with E-state index in [-0.39, 0.29) is 0 Å². The summed E-state index contributed by atoms with van der Waals surface area (Å²) in [6, 6.07) is 3.74. The molecule has 0 saturated carbocycles. The zero-order chi connectivity index (χ0) is 13.1. The Balaban J connectivity index is 1.82. The normalized spacial score (nSPS) is 11.0. The molecule has 0 spiro atoms. The fourth-order valence-corrected chi connectivity index (χ4v) is 2.70. The Hall–Kier alpha value is -2.02. The second-order valence-corrected chi connectivity index (χ2v) is 4.87. The van der Waals surface area contributed by atoms with E-state index < -0.39 is 0 Å². The third-order valence-electron chi connectivity index (χ3n) is 2.70. The minimum atomic E-state index is 0.740. The molecular weight excluding hydrogens is 262 g/mol. The summed E-state index contributed by atoms with van der Waals surface area (Å²) in [5.41, 5.74) is 1.13. The molecule has 3 rings (SSSR count). The number of furan rings is 1. The molecule has 0 fully saturated rings. The van der Waals surface area contributed by atoms with Gasteiger partial charge in [-0.1, -0.05) is 11.8 Å². The maximum absolute atomic E-state index is 5.38. The SMILES string of the molecule is CCn1c(SCc2cn[nH]c2)nnc1-c1ccco1. The van der Waals surface area contributed by atoms with Crippen LogP contribution in [0.15, 0.2) is 40.4 Å². The van der Waals surface area contributed by atoms with Gasteiger partial charge in [-0.05, 0) is 19.1 Å². The van der Waals surface area contributed by atoms with Gasteiger partial charge in [0.05, 0.1) is 12.5 Å². The van der Waals surface area contributed by atoms with E-state index in [0.717, 1.165) is 34.6 Å². The van der Waals surface area contributed by atoms with E-state index >= 15 is 0 Å². The third kappa shape index (κ3) is 2.41. The number of thioether (sulfide) groups is 1. The van der Waals surface area contributed by atoms with Crippen LogP contribution in [0.2, 0.25) is 0 Å². The van der Waals surface area contributed by atoms with Crippen molar-refractivity contribution in [2.24, 2.45) is 0 Å². The summed E-state index contributed by atoms with van der Waals surface area (Å²) < 4.78 is 7.42. The van der Waals surface area contributed by atoms with Gasteiger partial charge in [0, 0.05) is 24.1 Å². The predicted molar refractivity (Wildman–Crippen MR) is 71.5 cm³/mol. The van der Waals surface area contributed by atoms with Crippen LogP contribution in [0.1, 0.15) is 12.5 Å². The molecule has 3 aromatic heterocycles. The summed E-state index contributed by atoms with van der Waals surface area (Å²) >= 11 is 1.64. The molecule has 0 aromatic carbocycles. The number of rotatable bonds is 5. The molecule has 0 unspecified atom stereocenters. The standard InChI is InChI=1S/C12H13N5OS/c1-2-17-11(10-4-3-5-18-10)15-16-12(17)19-8-9-6-13-14-7-9/h3-7H,2,8H2,1H3,(H,13,14). The lowest BCUT2D eigenvalue weighted by Gasteiger charge is -2.04. The van der Waals surface area contributed by atoms with Crippen LogP contribution in [0, 0.1) is 0 Å². The van der Waals surface area contributed by atoms with Gasteiger partial charge in [-0.15, -0.1) is 10.2 Å². The summed E-state index contributed by atoms with van der Waals surface area (Å²) in [7, 11) is 0.